The fourth-order valence-electron chi connectivity index (χ4n) is 2.29. The van der Waals surface area contributed by atoms with Crippen LogP contribution in [-0.4, -0.2) is 0 Å². The van der Waals surface area contributed by atoms with Gasteiger partial charge in [-0.15, -0.1) is 0 Å². The standard InChI is InChI=1S/C18H26/c1-14(2)13-18(6,15(3)4)11-10-17-9-7-8-16(5)12-17/h7-12,14H,3,13H2,1-2,4-6H3/b11-10+. The molecule has 0 spiro atoms. The van der Waals surface area contributed by atoms with Crippen molar-refractivity contribution in [1.82, 2.24) is 0 Å². The number of hydrogen-bond acceptors (Lipinski definition) is 0. The van der Waals surface area contributed by atoms with Crippen LogP contribution in [0.25, 0.3) is 6.08 Å². The number of aryl methyl sites for hydroxylation is 1. The Morgan fingerprint density at radius 1 is 1.39 bits per heavy atom. The Kier molecular flexibility index (Phi) is 4.95. The van der Waals surface area contributed by atoms with E-state index in [2.05, 4.69) is 77.6 Å². The van der Waals surface area contributed by atoms with Gasteiger partial charge in [0.1, 0.15) is 0 Å². The number of allylic oxidation sites excluding steroid dienone is 2. The van der Waals surface area contributed by atoms with Crippen molar-refractivity contribution in [2.75, 3.05) is 0 Å². The number of rotatable bonds is 5. The Balaban J connectivity index is 2.93. The molecule has 1 unspecified atom stereocenters. The summed E-state index contributed by atoms with van der Waals surface area (Å²) in [5, 5.41) is 0. The van der Waals surface area contributed by atoms with Gasteiger partial charge in [0.25, 0.3) is 0 Å². The summed E-state index contributed by atoms with van der Waals surface area (Å²) < 4.78 is 0. The zero-order valence-electron chi connectivity index (χ0n) is 12.5. The van der Waals surface area contributed by atoms with Crippen LogP contribution in [0.5, 0.6) is 0 Å². The predicted molar refractivity (Wildman–Crippen MR) is 82.6 cm³/mol. The highest BCUT2D eigenvalue weighted by Gasteiger charge is 2.22. The second-order valence-electron chi connectivity index (χ2n) is 6.04. The number of hydrogen-bond donors (Lipinski definition) is 0. The van der Waals surface area contributed by atoms with E-state index in [0.717, 1.165) is 6.42 Å². The van der Waals surface area contributed by atoms with Gasteiger partial charge in [-0.3, -0.25) is 0 Å². The van der Waals surface area contributed by atoms with Crippen molar-refractivity contribution in [2.45, 2.75) is 41.0 Å². The summed E-state index contributed by atoms with van der Waals surface area (Å²) in [5.41, 5.74) is 3.90. The molecule has 18 heavy (non-hydrogen) atoms. The maximum Gasteiger partial charge on any atom is 0.00627 e. The third-order valence-electron chi connectivity index (χ3n) is 3.49. The van der Waals surface area contributed by atoms with Crippen LogP contribution in [0.3, 0.4) is 0 Å². The summed E-state index contributed by atoms with van der Waals surface area (Å²) in [6.07, 6.45) is 5.68. The highest BCUT2D eigenvalue weighted by atomic mass is 14.3. The average Bonchev–Trinajstić information content (AvgIpc) is 2.25. The second-order valence-corrected chi connectivity index (χ2v) is 6.04. The molecule has 0 saturated carbocycles. The van der Waals surface area contributed by atoms with E-state index in [1.807, 2.05) is 0 Å². The van der Waals surface area contributed by atoms with Crippen LogP contribution < -0.4 is 0 Å². The third kappa shape index (κ3) is 4.18. The first kappa shape index (κ1) is 14.8. The molecule has 0 heteroatoms. The van der Waals surface area contributed by atoms with Crippen LogP contribution in [0.15, 0.2) is 42.5 Å². The first-order chi connectivity index (χ1) is 8.33. The largest absolute Gasteiger partial charge is 0.0993 e. The first-order valence-corrected chi connectivity index (χ1v) is 6.75. The molecule has 0 aromatic heterocycles. The van der Waals surface area contributed by atoms with E-state index < -0.39 is 0 Å². The Morgan fingerprint density at radius 2 is 2.06 bits per heavy atom. The van der Waals surface area contributed by atoms with Gasteiger partial charge < -0.3 is 0 Å². The highest BCUT2D eigenvalue weighted by Crippen LogP contribution is 2.35. The summed E-state index contributed by atoms with van der Waals surface area (Å²) in [6.45, 7) is 15.2. The van der Waals surface area contributed by atoms with Gasteiger partial charge >= 0.3 is 0 Å². The normalized spacial score (nSPS) is 15.0. The second kappa shape index (κ2) is 6.04. The fraction of sp³-hybridized carbons (Fsp3) is 0.444. The van der Waals surface area contributed by atoms with Gasteiger partial charge in [0.15, 0.2) is 0 Å². The molecule has 0 aliphatic heterocycles. The topological polar surface area (TPSA) is 0 Å². The van der Waals surface area contributed by atoms with Gasteiger partial charge in [-0.05, 0) is 31.7 Å². The lowest BCUT2D eigenvalue weighted by Gasteiger charge is -2.28. The van der Waals surface area contributed by atoms with E-state index in [1.165, 1.54) is 16.7 Å². The average molecular weight is 242 g/mol. The molecule has 0 fully saturated rings. The lowest BCUT2D eigenvalue weighted by Crippen LogP contribution is -2.17. The van der Waals surface area contributed by atoms with Crippen LogP contribution in [-0.2, 0) is 0 Å². The zero-order chi connectivity index (χ0) is 13.8. The molecular weight excluding hydrogens is 216 g/mol. The van der Waals surface area contributed by atoms with E-state index in [-0.39, 0.29) is 5.41 Å². The first-order valence-electron chi connectivity index (χ1n) is 6.75. The Labute approximate surface area is 112 Å². The van der Waals surface area contributed by atoms with Crippen molar-refractivity contribution in [1.29, 1.82) is 0 Å². The minimum absolute atomic E-state index is 0.0952. The monoisotopic (exact) mass is 242 g/mol. The van der Waals surface area contributed by atoms with E-state index >= 15 is 0 Å². The molecule has 0 N–H and O–H groups in total. The van der Waals surface area contributed by atoms with Crippen molar-refractivity contribution in [3.05, 3.63) is 53.6 Å². The van der Waals surface area contributed by atoms with E-state index in [0.29, 0.717) is 5.92 Å². The molecule has 0 saturated heterocycles. The van der Waals surface area contributed by atoms with Crippen molar-refractivity contribution in [3.8, 4) is 0 Å². The Hall–Kier alpha value is -1.30. The molecule has 1 aromatic carbocycles. The van der Waals surface area contributed by atoms with Crippen molar-refractivity contribution in [2.24, 2.45) is 11.3 Å². The van der Waals surface area contributed by atoms with E-state index in [1.54, 1.807) is 0 Å². The molecule has 0 heterocycles. The van der Waals surface area contributed by atoms with E-state index in [9.17, 15) is 0 Å². The molecule has 0 radical (unpaired) electrons. The van der Waals surface area contributed by atoms with Gasteiger partial charge in [0.05, 0.1) is 0 Å². The Morgan fingerprint density at radius 3 is 2.56 bits per heavy atom. The van der Waals surface area contributed by atoms with Gasteiger partial charge in [0, 0.05) is 5.41 Å². The van der Waals surface area contributed by atoms with Crippen molar-refractivity contribution < 1.29 is 0 Å². The molecule has 1 aromatic rings. The van der Waals surface area contributed by atoms with Gasteiger partial charge in [0.2, 0.25) is 0 Å². The predicted octanol–water partition coefficient (Wildman–Crippen LogP) is 5.64. The summed E-state index contributed by atoms with van der Waals surface area (Å²) in [4.78, 5) is 0. The molecule has 0 nitrogen and oxygen atoms in total. The minimum Gasteiger partial charge on any atom is -0.0993 e. The zero-order valence-corrected chi connectivity index (χ0v) is 12.5. The van der Waals surface area contributed by atoms with E-state index in [4.69, 9.17) is 0 Å². The number of benzene rings is 1. The summed E-state index contributed by atoms with van der Waals surface area (Å²) >= 11 is 0. The lowest BCUT2D eigenvalue weighted by atomic mass is 9.76. The molecule has 0 aliphatic carbocycles. The summed E-state index contributed by atoms with van der Waals surface area (Å²) in [7, 11) is 0. The van der Waals surface area contributed by atoms with Crippen LogP contribution in [0, 0.1) is 18.3 Å². The van der Waals surface area contributed by atoms with Crippen LogP contribution >= 0.6 is 0 Å². The quantitative estimate of drug-likeness (QED) is 0.586. The molecule has 0 bridgehead atoms. The molecular formula is C18H26. The van der Waals surface area contributed by atoms with Gasteiger partial charge in [-0.25, -0.2) is 0 Å². The van der Waals surface area contributed by atoms with Crippen LogP contribution in [0.1, 0.15) is 45.2 Å². The minimum atomic E-state index is 0.0952. The molecule has 0 aliphatic rings. The SMILES string of the molecule is C=C(C)C(C)(/C=C/c1cccc(C)c1)CC(C)C. The van der Waals surface area contributed by atoms with Crippen molar-refractivity contribution >= 4 is 6.08 Å². The smallest absolute Gasteiger partial charge is 0.00627 e. The molecule has 1 rings (SSSR count). The maximum atomic E-state index is 4.16. The Bertz CT molecular complexity index is 437. The maximum absolute atomic E-state index is 4.16. The van der Waals surface area contributed by atoms with Crippen LogP contribution in [0.4, 0.5) is 0 Å². The van der Waals surface area contributed by atoms with Crippen LogP contribution in [0.2, 0.25) is 0 Å². The fourth-order valence-corrected chi connectivity index (χ4v) is 2.29. The molecule has 98 valence electrons. The third-order valence-corrected chi connectivity index (χ3v) is 3.49. The highest BCUT2D eigenvalue weighted by molar-refractivity contribution is 5.52. The lowest BCUT2D eigenvalue weighted by molar-refractivity contribution is 0.391. The molecule has 0 amide bonds. The van der Waals surface area contributed by atoms with Gasteiger partial charge in [-0.1, -0.05) is 74.9 Å². The summed E-state index contributed by atoms with van der Waals surface area (Å²) in [6, 6.07) is 8.60. The van der Waals surface area contributed by atoms with Crippen molar-refractivity contribution in [3.63, 3.8) is 0 Å². The van der Waals surface area contributed by atoms with Gasteiger partial charge in [-0.2, -0.15) is 0 Å². The molecule has 1 atom stereocenters. The summed E-state index contributed by atoms with van der Waals surface area (Å²) in [5.74, 6) is 0.675.